The Hall–Kier alpha value is -0.470. The number of benzene rings is 1. The van der Waals surface area contributed by atoms with Crippen molar-refractivity contribution in [3.63, 3.8) is 0 Å². The highest BCUT2D eigenvalue weighted by Gasteiger charge is 2.21. The quantitative estimate of drug-likeness (QED) is 0.746. The lowest BCUT2D eigenvalue weighted by Gasteiger charge is -2.10. The van der Waals surface area contributed by atoms with E-state index in [1.54, 1.807) is 0 Å². The van der Waals surface area contributed by atoms with E-state index < -0.39 is 0 Å². The minimum absolute atomic E-state index is 0.371. The number of hydrogen-bond acceptors (Lipinski definition) is 2. The highest BCUT2D eigenvalue weighted by molar-refractivity contribution is 7.99. The van der Waals surface area contributed by atoms with E-state index in [-0.39, 0.29) is 0 Å². The lowest BCUT2D eigenvalue weighted by Crippen LogP contribution is -2.22. The minimum Gasteiger partial charge on any atom is -0.327 e. The summed E-state index contributed by atoms with van der Waals surface area (Å²) in [5.74, 6) is 2.06. The van der Waals surface area contributed by atoms with Crippen molar-refractivity contribution in [3.05, 3.63) is 30.3 Å². The maximum atomic E-state index is 6.08. The molecule has 1 fully saturated rings. The summed E-state index contributed by atoms with van der Waals surface area (Å²) in [6, 6.07) is 10.9. The molecular weight excluding hydrogens is 202 g/mol. The Morgan fingerprint density at radius 1 is 1.27 bits per heavy atom. The van der Waals surface area contributed by atoms with Gasteiger partial charge < -0.3 is 5.73 Å². The van der Waals surface area contributed by atoms with Crippen LogP contribution in [0.5, 0.6) is 0 Å². The Labute approximate surface area is 96.4 Å². The smallest absolute Gasteiger partial charge is 0.0134 e. The van der Waals surface area contributed by atoms with E-state index in [9.17, 15) is 0 Å². The molecule has 1 unspecified atom stereocenters. The Bertz CT molecular complexity index is 282. The van der Waals surface area contributed by atoms with Crippen molar-refractivity contribution in [2.24, 2.45) is 11.7 Å². The summed E-state index contributed by atoms with van der Waals surface area (Å²) in [6.45, 7) is 0. The van der Waals surface area contributed by atoms with Gasteiger partial charge in [0.15, 0.2) is 0 Å². The third kappa shape index (κ3) is 4.27. The molecule has 1 nitrogen and oxygen atoms in total. The highest BCUT2D eigenvalue weighted by Crippen LogP contribution is 2.34. The van der Waals surface area contributed by atoms with Crippen molar-refractivity contribution in [2.75, 3.05) is 5.75 Å². The lowest BCUT2D eigenvalue weighted by molar-refractivity contribution is 0.591. The van der Waals surface area contributed by atoms with Crippen LogP contribution in [0.25, 0.3) is 0 Å². The van der Waals surface area contributed by atoms with E-state index in [2.05, 4.69) is 30.3 Å². The van der Waals surface area contributed by atoms with E-state index in [4.69, 9.17) is 5.73 Å². The van der Waals surface area contributed by atoms with E-state index >= 15 is 0 Å². The zero-order valence-corrected chi connectivity index (χ0v) is 9.88. The molecule has 0 bridgehead atoms. The Morgan fingerprint density at radius 2 is 2.00 bits per heavy atom. The maximum Gasteiger partial charge on any atom is 0.0134 e. The van der Waals surface area contributed by atoms with Gasteiger partial charge in [-0.15, -0.1) is 11.8 Å². The first-order valence-corrected chi connectivity index (χ1v) is 6.76. The first kappa shape index (κ1) is 11.0. The topological polar surface area (TPSA) is 26.0 Å². The van der Waals surface area contributed by atoms with Gasteiger partial charge in [-0.2, -0.15) is 0 Å². The van der Waals surface area contributed by atoms with Gasteiger partial charge in [0, 0.05) is 16.7 Å². The Kier molecular flexibility index (Phi) is 4.09. The predicted molar refractivity (Wildman–Crippen MR) is 67.1 cm³/mol. The molecular formula is C13H19NS. The Balaban J connectivity index is 1.63. The van der Waals surface area contributed by atoms with Gasteiger partial charge in [0.25, 0.3) is 0 Å². The third-order valence-corrected chi connectivity index (χ3v) is 4.05. The van der Waals surface area contributed by atoms with E-state index in [1.807, 2.05) is 11.8 Å². The molecule has 2 heteroatoms. The van der Waals surface area contributed by atoms with Crippen LogP contribution >= 0.6 is 11.8 Å². The van der Waals surface area contributed by atoms with Gasteiger partial charge in [-0.05, 0) is 30.9 Å². The van der Waals surface area contributed by atoms with Crippen molar-refractivity contribution in [2.45, 2.75) is 36.6 Å². The van der Waals surface area contributed by atoms with Crippen LogP contribution in [0.15, 0.2) is 35.2 Å². The van der Waals surface area contributed by atoms with Gasteiger partial charge in [0.2, 0.25) is 0 Å². The predicted octanol–water partition coefficient (Wildman–Crippen LogP) is 3.30. The standard InChI is InChI=1S/C13H19NS/c14-12(9-8-11-6-7-11)10-15-13-4-2-1-3-5-13/h1-5,11-12H,6-10,14H2. The van der Waals surface area contributed by atoms with Gasteiger partial charge in [0.1, 0.15) is 0 Å². The monoisotopic (exact) mass is 221 g/mol. The highest BCUT2D eigenvalue weighted by atomic mass is 32.2. The lowest BCUT2D eigenvalue weighted by atomic mass is 10.1. The molecule has 2 rings (SSSR count). The zero-order chi connectivity index (χ0) is 10.5. The Morgan fingerprint density at radius 3 is 2.67 bits per heavy atom. The van der Waals surface area contributed by atoms with Gasteiger partial charge in [0.05, 0.1) is 0 Å². The van der Waals surface area contributed by atoms with Crippen molar-refractivity contribution in [3.8, 4) is 0 Å². The van der Waals surface area contributed by atoms with E-state index in [1.165, 1.54) is 30.6 Å². The molecule has 2 N–H and O–H groups in total. The molecule has 1 saturated carbocycles. The molecule has 1 aliphatic rings. The summed E-state index contributed by atoms with van der Waals surface area (Å²) in [6.07, 6.45) is 5.43. The summed E-state index contributed by atoms with van der Waals surface area (Å²) < 4.78 is 0. The molecule has 0 aromatic heterocycles. The molecule has 0 spiro atoms. The number of hydrogen-bond donors (Lipinski definition) is 1. The van der Waals surface area contributed by atoms with Crippen LogP contribution in [0, 0.1) is 5.92 Å². The number of nitrogens with two attached hydrogens (primary N) is 1. The van der Waals surface area contributed by atoms with Crippen molar-refractivity contribution < 1.29 is 0 Å². The first-order chi connectivity index (χ1) is 7.34. The summed E-state index contributed by atoms with van der Waals surface area (Å²) in [7, 11) is 0. The molecule has 0 saturated heterocycles. The first-order valence-electron chi connectivity index (χ1n) is 5.78. The van der Waals surface area contributed by atoms with Crippen LogP contribution in [-0.2, 0) is 0 Å². The molecule has 0 heterocycles. The van der Waals surface area contributed by atoms with Gasteiger partial charge >= 0.3 is 0 Å². The van der Waals surface area contributed by atoms with Crippen LogP contribution in [0.2, 0.25) is 0 Å². The third-order valence-electron chi connectivity index (χ3n) is 2.85. The minimum atomic E-state index is 0.371. The van der Waals surface area contributed by atoms with Crippen molar-refractivity contribution in [1.82, 2.24) is 0 Å². The molecule has 0 amide bonds. The van der Waals surface area contributed by atoms with E-state index in [0.29, 0.717) is 6.04 Å². The normalized spacial score (nSPS) is 17.7. The van der Waals surface area contributed by atoms with Crippen LogP contribution in [0.3, 0.4) is 0 Å². The summed E-state index contributed by atoms with van der Waals surface area (Å²) in [5.41, 5.74) is 6.08. The average molecular weight is 221 g/mol. The molecule has 1 atom stereocenters. The molecule has 1 aromatic rings. The largest absolute Gasteiger partial charge is 0.327 e. The molecule has 15 heavy (non-hydrogen) atoms. The summed E-state index contributed by atoms with van der Waals surface area (Å²) in [5, 5.41) is 0. The zero-order valence-electron chi connectivity index (χ0n) is 9.06. The fourth-order valence-electron chi connectivity index (χ4n) is 1.66. The van der Waals surface area contributed by atoms with Gasteiger partial charge in [-0.1, -0.05) is 31.0 Å². The van der Waals surface area contributed by atoms with Crippen molar-refractivity contribution >= 4 is 11.8 Å². The van der Waals surface area contributed by atoms with Gasteiger partial charge in [-0.25, -0.2) is 0 Å². The summed E-state index contributed by atoms with van der Waals surface area (Å²) in [4.78, 5) is 1.33. The van der Waals surface area contributed by atoms with Gasteiger partial charge in [-0.3, -0.25) is 0 Å². The maximum absolute atomic E-state index is 6.08. The second kappa shape index (κ2) is 5.57. The van der Waals surface area contributed by atoms with Crippen LogP contribution in [0.4, 0.5) is 0 Å². The number of rotatable bonds is 6. The van der Waals surface area contributed by atoms with Crippen molar-refractivity contribution in [1.29, 1.82) is 0 Å². The molecule has 0 aliphatic heterocycles. The molecule has 1 aromatic carbocycles. The molecule has 82 valence electrons. The average Bonchev–Trinajstić information content (AvgIpc) is 3.09. The van der Waals surface area contributed by atoms with Crippen LogP contribution in [0.1, 0.15) is 25.7 Å². The second-order valence-electron chi connectivity index (χ2n) is 4.40. The van der Waals surface area contributed by atoms with E-state index in [0.717, 1.165) is 11.7 Å². The molecule has 1 aliphatic carbocycles. The van der Waals surface area contributed by atoms with Crippen LogP contribution in [-0.4, -0.2) is 11.8 Å². The fourth-order valence-corrected chi connectivity index (χ4v) is 2.58. The number of thioether (sulfide) groups is 1. The van der Waals surface area contributed by atoms with Crippen LogP contribution < -0.4 is 5.73 Å². The fraction of sp³-hybridized carbons (Fsp3) is 0.538. The molecule has 0 radical (unpaired) electrons. The second-order valence-corrected chi connectivity index (χ2v) is 5.50. The SMILES string of the molecule is NC(CCC1CC1)CSc1ccccc1. The summed E-state index contributed by atoms with van der Waals surface area (Å²) >= 11 is 1.88.